The van der Waals surface area contributed by atoms with Crippen molar-refractivity contribution in [3.63, 3.8) is 0 Å². The van der Waals surface area contributed by atoms with Crippen LogP contribution in [0.25, 0.3) is 4.91 Å². The van der Waals surface area contributed by atoms with Crippen LogP contribution in [0.2, 0.25) is 0 Å². The van der Waals surface area contributed by atoms with Crippen molar-refractivity contribution in [2.75, 3.05) is 33.4 Å². The number of aliphatic carboxylic acids is 1. The van der Waals surface area contributed by atoms with Gasteiger partial charge in [0.1, 0.15) is 41.1 Å². The molecular formula is C25H30FN3O9S2. The summed E-state index contributed by atoms with van der Waals surface area (Å²) in [4.78, 5) is 31.6. The van der Waals surface area contributed by atoms with E-state index in [9.17, 15) is 28.2 Å². The highest BCUT2D eigenvalue weighted by Gasteiger charge is 2.56. The summed E-state index contributed by atoms with van der Waals surface area (Å²) in [6, 6.07) is 3.10. The molecule has 0 aliphatic carbocycles. The van der Waals surface area contributed by atoms with E-state index in [0.717, 1.165) is 0 Å². The van der Waals surface area contributed by atoms with Crippen molar-refractivity contribution >= 4 is 39.4 Å². The first-order chi connectivity index (χ1) is 19.1. The van der Waals surface area contributed by atoms with Gasteiger partial charge in [0, 0.05) is 18.8 Å². The zero-order valence-corrected chi connectivity index (χ0v) is 23.4. The molecule has 15 heteroatoms. The van der Waals surface area contributed by atoms with Crippen molar-refractivity contribution in [2.45, 2.75) is 42.6 Å². The smallest absolute Gasteiger partial charge is 0.339 e. The minimum absolute atomic E-state index is 0.151. The van der Waals surface area contributed by atoms with Gasteiger partial charge in [-0.3, -0.25) is 13.9 Å². The number of ether oxygens (including phenoxy) is 3. The third-order valence-corrected chi connectivity index (χ3v) is 10.9. The Bertz CT molecular complexity index is 1290. The number of fused-ring (bicyclic) bond motifs is 1. The molecule has 0 bridgehead atoms. The van der Waals surface area contributed by atoms with Gasteiger partial charge in [-0.05, 0) is 43.5 Å². The van der Waals surface area contributed by atoms with Gasteiger partial charge in [-0.15, -0.1) is 10.8 Å². The number of aromatic nitrogens is 1. The van der Waals surface area contributed by atoms with Crippen LogP contribution in [0, 0.1) is 5.82 Å². The molecule has 218 valence electrons. The molecule has 0 saturated carbocycles. The summed E-state index contributed by atoms with van der Waals surface area (Å²) in [5, 5.41) is 7.62. The zero-order chi connectivity index (χ0) is 28.6. The number of carbonyl (C=O) groups is 2. The average molecular weight is 600 g/mol. The molecule has 40 heavy (non-hydrogen) atoms. The van der Waals surface area contributed by atoms with Gasteiger partial charge in [-0.25, -0.2) is 18.5 Å². The number of hydrogen-bond donors (Lipinski definition) is 3. The Morgan fingerprint density at radius 3 is 2.73 bits per heavy atom. The fourth-order valence-corrected chi connectivity index (χ4v) is 9.20. The van der Waals surface area contributed by atoms with Gasteiger partial charge < -0.3 is 28.6 Å². The van der Waals surface area contributed by atoms with E-state index in [-0.39, 0.29) is 18.5 Å². The average Bonchev–Trinajstić information content (AvgIpc) is 3.57. The molecule has 1 aromatic heterocycles. The van der Waals surface area contributed by atoms with E-state index in [2.05, 4.69) is 4.98 Å². The molecule has 2 saturated heterocycles. The Labute approximate surface area is 235 Å². The normalized spacial score (nSPS) is 24.7. The van der Waals surface area contributed by atoms with Crippen LogP contribution >= 0.6 is 22.5 Å². The minimum Gasteiger partial charge on any atom is -0.496 e. The Morgan fingerprint density at radius 2 is 2.08 bits per heavy atom. The molecule has 1 aromatic carbocycles. The molecule has 4 heterocycles. The van der Waals surface area contributed by atoms with E-state index in [1.165, 1.54) is 54.4 Å². The summed E-state index contributed by atoms with van der Waals surface area (Å²) in [6.45, 7) is 1.56. The number of amides is 2. The van der Waals surface area contributed by atoms with Crippen molar-refractivity contribution in [1.29, 1.82) is 0 Å². The van der Waals surface area contributed by atoms with Gasteiger partial charge in [-0.2, -0.15) is 0 Å². The number of carboxylic acids is 1. The van der Waals surface area contributed by atoms with Gasteiger partial charge in [0.25, 0.3) is 0 Å². The molecule has 2 fully saturated rings. The number of carbonyl (C=O) groups excluding carboxylic acids is 1. The largest absolute Gasteiger partial charge is 0.496 e. The summed E-state index contributed by atoms with van der Waals surface area (Å²) in [5.41, 5.74) is 0.858. The Morgan fingerprint density at radius 1 is 1.32 bits per heavy atom. The maximum atomic E-state index is 14.5. The van der Waals surface area contributed by atoms with E-state index in [4.69, 9.17) is 18.6 Å². The number of hydrogen-bond acceptors (Lipinski definition) is 10. The number of oxazole rings is 1. The Hall–Kier alpha value is -2.82. The monoisotopic (exact) mass is 599 g/mol. The fraction of sp³-hybridized carbons (Fsp3) is 0.480. The predicted molar refractivity (Wildman–Crippen MR) is 144 cm³/mol. The molecule has 5 rings (SSSR count). The quantitative estimate of drug-likeness (QED) is 0.375. The van der Waals surface area contributed by atoms with Crippen LogP contribution < -0.4 is 4.74 Å². The maximum absolute atomic E-state index is 14.5. The van der Waals surface area contributed by atoms with Gasteiger partial charge in [0.05, 0.1) is 30.9 Å². The Balaban J connectivity index is 1.56. The molecule has 2 amide bonds. The molecule has 3 N–H and O–H groups in total. The lowest BCUT2D eigenvalue weighted by Crippen LogP contribution is -2.61. The minimum atomic E-state index is -3.93. The van der Waals surface area contributed by atoms with Gasteiger partial charge in [0.15, 0.2) is 0 Å². The lowest BCUT2D eigenvalue weighted by molar-refractivity contribution is -0.137. The van der Waals surface area contributed by atoms with Crippen LogP contribution in [0.4, 0.5) is 9.18 Å². The van der Waals surface area contributed by atoms with Gasteiger partial charge in [0.2, 0.25) is 5.89 Å². The first-order valence-electron chi connectivity index (χ1n) is 12.5. The third kappa shape index (κ3) is 5.41. The van der Waals surface area contributed by atoms with Crippen LogP contribution in [0.5, 0.6) is 5.75 Å². The first kappa shape index (κ1) is 28.7. The van der Waals surface area contributed by atoms with E-state index in [0.29, 0.717) is 52.2 Å². The number of nitrogens with zero attached hydrogens (tertiary/aromatic N) is 3. The van der Waals surface area contributed by atoms with Gasteiger partial charge >= 0.3 is 12.0 Å². The van der Waals surface area contributed by atoms with Crippen LogP contribution in [0.3, 0.4) is 0 Å². The molecule has 3 aliphatic rings. The molecule has 3 atom stereocenters. The van der Waals surface area contributed by atoms with Crippen molar-refractivity contribution in [3.05, 3.63) is 53.5 Å². The number of urea groups is 1. The standard InChI is InChI=1S/C25H30FN3O9S2/c1-14-21(23-27-7-10-37-23)39-24-22(14)40(33,34)29(13-20(30)31)25(32)28(24)12-19(38-16-5-8-36-9-6-16)17-11-15(26)3-4-18(17)35-2/h3-4,7,10-11,16,19,22,24,33-34H,5-6,8-9,12-13H2,1-2H3,(H,30,31)/t19-,22?,24?/m1/s1. The number of rotatable bonds is 9. The lowest BCUT2D eigenvalue weighted by atomic mass is 10.0. The summed E-state index contributed by atoms with van der Waals surface area (Å²) < 4.78 is 60.5. The van der Waals surface area contributed by atoms with Crippen LogP contribution in [-0.2, 0) is 14.3 Å². The van der Waals surface area contributed by atoms with Gasteiger partial charge in [-0.1, -0.05) is 11.8 Å². The lowest BCUT2D eigenvalue weighted by Gasteiger charge is -2.55. The molecule has 2 unspecified atom stereocenters. The van der Waals surface area contributed by atoms with E-state index >= 15 is 0 Å². The fourth-order valence-electron chi connectivity index (χ4n) is 5.16. The summed E-state index contributed by atoms with van der Waals surface area (Å²) in [6.07, 6.45) is 2.86. The van der Waals surface area contributed by atoms with Crippen molar-refractivity contribution in [3.8, 4) is 5.75 Å². The van der Waals surface area contributed by atoms with Crippen molar-refractivity contribution in [2.24, 2.45) is 0 Å². The number of benzene rings is 1. The highest BCUT2D eigenvalue weighted by molar-refractivity contribution is 8.24. The zero-order valence-electron chi connectivity index (χ0n) is 21.8. The number of halogens is 1. The van der Waals surface area contributed by atoms with E-state index < -0.39 is 51.9 Å². The number of carboxylic acid groups (broad SMARTS) is 1. The SMILES string of the molecule is COc1ccc(F)cc1[C@@H](CN1C(=O)N(CC(=O)O)S(O)(O)C2C(C)=C(c3ncco3)SC21)OC1CCOCC1. The molecule has 0 spiro atoms. The highest BCUT2D eigenvalue weighted by Crippen LogP contribution is 2.64. The van der Waals surface area contributed by atoms with Crippen molar-refractivity contribution < 1.29 is 46.8 Å². The maximum Gasteiger partial charge on any atom is 0.339 e. The van der Waals surface area contributed by atoms with Crippen LogP contribution in [0.1, 0.15) is 37.3 Å². The molecule has 2 aromatic rings. The summed E-state index contributed by atoms with van der Waals surface area (Å²) in [5.74, 6) is -1.35. The second-order valence-electron chi connectivity index (χ2n) is 9.53. The van der Waals surface area contributed by atoms with E-state index in [1.807, 2.05) is 0 Å². The Kier molecular flexibility index (Phi) is 8.31. The first-order valence-corrected chi connectivity index (χ1v) is 15.0. The number of methoxy groups -OCH3 is 1. The second-order valence-corrected chi connectivity index (χ2v) is 12.7. The predicted octanol–water partition coefficient (Wildman–Crippen LogP) is 4.42. The highest BCUT2D eigenvalue weighted by atomic mass is 32.3. The van der Waals surface area contributed by atoms with Crippen LogP contribution in [0.15, 0.2) is 40.6 Å². The third-order valence-electron chi connectivity index (χ3n) is 7.05. The number of thioether (sulfide) groups is 1. The second kappa shape index (κ2) is 11.6. The summed E-state index contributed by atoms with van der Waals surface area (Å²) >= 11 is 1.17. The van der Waals surface area contributed by atoms with Crippen molar-refractivity contribution in [1.82, 2.24) is 14.2 Å². The van der Waals surface area contributed by atoms with E-state index in [1.54, 1.807) is 6.92 Å². The molecule has 12 nitrogen and oxygen atoms in total. The topological polar surface area (TPSA) is 155 Å². The summed E-state index contributed by atoms with van der Waals surface area (Å²) in [7, 11) is -2.49. The molecular weight excluding hydrogens is 569 g/mol. The van der Waals surface area contributed by atoms with Crippen LogP contribution in [-0.4, -0.2) is 90.5 Å². The molecule has 3 aliphatic heterocycles. The molecule has 0 radical (unpaired) electrons.